The number of ether oxygens (including phenoxy) is 2. The number of para-hydroxylation sites is 2. The summed E-state index contributed by atoms with van der Waals surface area (Å²) in [5.74, 6) is 1.85. The number of nitrogens with one attached hydrogen (secondary N) is 1. The molecule has 2 aromatic heterocycles. The average molecular weight is 372 g/mol. The molecule has 7 nitrogen and oxygen atoms in total. The second-order valence-corrected chi connectivity index (χ2v) is 6.37. The van der Waals surface area contributed by atoms with E-state index in [0.29, 0.717) is 23.0 Å². The van der Waals surface area contributed by atoms with Crippen LogP contribution in [-0.4, -0.2) is 27.2 Å². The monoisotopic (exact) mass is 372 g/mol. The van der Waals surface area contributed by atoms with Gasteiger partial charge in [0.2, 0.25) is 12.7 Å². The largest absolute Gasteiger partial charge is 0.454 e. The number of pyridine rings is 1. The Balaban J connectivity index is 1.46. The molecule has 0 saturated heterocycles. The maximum absolute atomic E-state index is 12.8. The van der Waals surface area contributed by atoms with Crippen LogP contribution in [0.3, 0.4) is 0 Å². The molecule has 7 heteroatoms. The smallest absolute Gasteiger partial charge is 0.244 e. The third kappa shape index (κ3) is 2.92. The minimum Gasteiger partial charge on any atom is -0.454 e. The molecule has 1 aliphatic rings. The zero-order chi connectivity index (χ0) is 18.9. The molecule has 28 heavy (non-hydrogen) atoms. The van der Waals surface area contributed by atoms with E-state index < -0.39 is 0 Å². The van der Waals surface area contributed by atoms with Crippen LogP contribution in [0.25, 0.3) is 22.4 Å². The summed E-state index contributed by atoms with van der Waals surface area (Å²) in [4.78, 5) is 21.6. The third-order valence-electron chi connectivity index (χ3n) is 4.53. The summed E-state index contributed by atoms with van der Waals surface area (Å²) < 4.78 is 12.6. The Morgan fingerprint density at radius 2 is 1.96 bits per heavy atom. The van der Waals surface area contributed by atoms with E-state index in [2.05, 4.69) is 10.3 Å². The van der Waals surface area contributed by atoms with Gasteiger partial charge in [0.05, 0.1) is 11.0 Å². The van der Waals surface area contributed by atoms with Crippen LogP contribution in [0.5, 0.6) is 11.5 Å². The van der Waals surface area contributed by atoms with Gasteiger partial charge in [0.25, 0.3) is 0 Å². The summed E-state index contributed by atoms with van der Waals surface area (Å²) in [5, 5.41) is 2.91. The highest BCUT2D eigenvalue weighted by molar-refractivity contribution is 5.93. The Kier molecular flexibility index (Phi) is 3.90. The minimum absolute atomic E-state index is 0.124. The molecule has 4 aromatic rings. The lowest BCUT2D eigenvalue weighted by Crippen LogP contribution is -2.19. The summed E-state index contributed by atoms with van der Waals surface area (Å²) in [6, 6.07) is 16.9. The lowest BCUT2D eigenvalue weighted by Gasteiger charge is -2.10. The van der Waals surface area contributed by atoms with Crippen molar-refractivity contribution in [3.8, 4) is 22.9 Å². The van der Waals surface area contributed by atoms with Crippen LogP contribution in [0.15, 0.2) is 67.0 Å². The highest BCUT2D eigenvalue weighted by Crippen LogP contribution is 2.34. The van der Waals surface area contributed by atoms with Crippen LogP contribution < -0.4 is 14.8 Å². The third-order valence-corrected chi connectivity index (χ3v) is 4.53. The van der Waals surface area contributed by atoms with Gasteiger partial charge in [-0.15, -0.1) is 0 Å². The molecule has 2 aromatic carbocycles. The molecule has 0 spiro atoms. The van der Waals surface area contributed by atoms with Gasteiger partial charge in [0, 0.05) is 29.7 Å². The molecule has 0 atom stereocenters. The number of hydrogen-bond acceptors (Lipinski definition) is 5. The minimum atomic E-state index is -0.160. The van der Waals surface area contributed by atoms with Crippen molar-refractivity contribution in [3.05, 3.63) is 67.0 Å². The zero-order valence-electron chi connectivity index (χ0n) is 14.8. The molecule has 0 aliphatic carbocycles. The van der Waals surface area contributed by atoms with Crippen molar-refractivity contribution in [1.82, 2.24) is 14.5 Å². The topological polar surface area (TPSA) is 78.3 Å². The molecule has 1 N–H and O–H groups in total. The van der Waals surface area contributed by atoms with Gasteiger partial charge in [-0.1, -0.05) is 12.1 Å². The number of imidazole rings is 1. The van der Waals surface area contributed by atoms with Gasteiger partial charge >= 0.3 is 0 Å². The number of carbonyl (C=O) groups excluding carboxylic acids is 1. The summed E-state index contributed by atoms with van der Waals surface area (Å²) in [5.41, 5.74) is 3.23. The Morgan fingerprint density at radius 1 is 1.07 bits per heavy atom. The van der Waals surface area contributed by atoms with Crippen molar-refractivity contribution < 1.29 is 14.3 Å². The van der Waals surface area contributed by atoms with Gasteiger partial charge in [-0.3, -0.25) is 9.78 Å². The molecular formula is C21H16N4O3. The van der Waals surface area contributed by atoms with Crippen LogP contribution in [0, 0.1) is 0 Å². The molecule has 138 valence electrons. The number of nitrogens with zero attached hydrogens (tertiary/aromatic N) is 3. The molecule has 0 unspecified atom stereocenters. The Morgan fingerprint density at radius 3 is 2.86 bits per heavy atom. The number of rotatable bonds is 4. The van der Waals surface area contributed by atoms with E-state index in [1.165, 1.54) is 0 Å². The van der Waals surface area contributed by atoms with Crippen LogP contribution in [0.1, 0.15) is 0 Å². The number of hydrogen-bond donors (Lipinski definition) is 1. The SMILES string of the molecule is O=C(Cn1c(-c2cccnc2)nc2ccccc21)Nc1ccc2c(c1)OCO2. The second-order valence-electron chi connectivity index (χ2n) is 6.37. The molecule has 0 saturated carbocycles. The van der Waals surface area contributed by atoms with Crippen molar-refractivity contribution in [3.63, 3.8) is 0 Å². The fraction of sp³-hybridized carbons (Fsp3) is 0.0952. The predicted octanol–water partition coefficient (Wildman–Crippen LogP) is 3.47. The maximum Gasteiger partial charge on any atom is 0.244 e. The van der Waals surface area contributed by atoms with Gasteiger partial charge in [-0.05, 0) is 36.4 Å². The fourth-order valence-corrected chi connectivity index (χ4v) is 3.27. The van der Waals surface area contributed by atoms with Crippen molar-refractivity contribution in [2.24, 2.45) is 0 Å². The van der Waals surface area contributed by atoms with Crippen LogP contribution in [-0.2, 0) is 11.3 Å². The van der Waals surface area contributed by atoms with Crippen molar-refractivity contribution >= 4 is 22.6 Å². The normalized spacial score (nSPS) is 12.3. The maximum atomic E-state index is 12.8. The highest BCUT2D eigenvalue weighted by Gasteiger charge is 2.17. The van der Waals surface area contributed by atoms with Crippen molar-refractivity contribution in [2.45, 2.75) is 6.54 Å². The molecule has 0 radical (unpaired) electrons. The number of fused-ring (bicyclic) bond motifs is 2. The van der Waals surface area contributed by atoms with Crippen LogP contribution >= 0.6 is 0 Å². The molecule has 3 heterocycles. The second kappa shape index (κ2) is 6.70. The molecule has 0 fully saturated rings. The van der Waals surface area contributed by atoms with E-state index in [0.717, 1.165) is 16.6 Å². The van der Waals surface area contributed by atoms with Gasteiger partial charge in [0.15, 0.2) is 11.5 Å². The quantitative estimate of drug-likeness (QED) is 0.593. The Hall–Kier alpha value is -3.87. The van der Waals surface area contributed by atoms with Gasteiger partial charge in [0.1, 0.15) is 12.4 Å². The van der Waals surface area contributed by atoms with Crippen molar-refractivity contribution in [1.29, 1.82) is 0 Å². The summed E-state index contributed by atoms with van der Waals surface area (Å²) in [7, 11) is 0. The number of anilines is 1. The molecule has 1 aliphatic heterocycles. The molecule has 0 bridgehead atoms. The van der Waals surface area contributed by atoms with E-state index in [9.17, 15) is 4.79 Å². The lowest BCUT2D eigenvalue weighted by atomic mass is 10.2. The number of aromatic nitrogens is 3. The number of amides is 1. The first kappa shape index (κ1) is 16.3. The van der Waals surface area contributed by atoms with E-state index in [-0.39, 0.29) is 19.2 Å². The van der Waals surface area contributed by atoms with E-state index in [1.54, 1.807) is 30.6 Å². The zero-order valence-corrected chi connectivity index (χ0v) is 14.8. The predicted molar refractivity (Wildman–Crippen MR) is 104 cm³/mol. The van der Waals surface area contributed by atoms with E-state index in [4.69, 9.17) is 14.5 Å². The standard InChI is InChI=1S/C21H16N4O3/c26-20(23-15-7-8-18-19(10-15)28-13-27-18)12-25-17-6-2-1-5-16(17)24-21(25)14-4-3-9-22-11-14/h1-11H,12-13H2,(H,23,26). The summed E-state index contributed by atoms with van der Waals surface area (Å²) in [6.45, 7) is 0.321. The average Bonchev–Trinajstić information content (AvgIpc) is 3.33. The number of carbonyl (C=O) groups is 1. The lowest BCUT2D eigenvalue weighted by molar-refractivity contribution is -0.116. The van der Waals surface area contributed by atoms with Crippen LogP contribution in [0.4, 0.5) is 5.69 Å². The Labute approximate surface area is 160 Å². The first-order valence-corrected chi connectivity index (χ1v) is 8.83. The fourth-order valence-electron chi connectivity index (χ4n) is 3.27. The summed E-state index contributed by atoms with van der Waals surface area (Å²) >= 11 is 0. The number of benzene rings is 2. The first-order chi connectivity index (χ1) is 13.8. The van der Waals surface area contributed by atoms with E-state index in [1.807, 2.05) is 41.0 Å². The molecular weight excluding hydrogens is 356 g/mol. The van der Waals surface area contributed by atoms with Gasteiger partial charge in [-0.25, -0.2) is 4.98 Å². The first-order valence-electron chi connectivity index (χ1n) is 8.83. The van der Waals surface area contributed by atoms with Gasteiger partial charge in [-0.2, -0.15) is 0 Å². The van der Waals surface area contributed by atoms with Crippen LogP contribution in [0.2, 0.25) is 0 Å². The van der Waals surface area contributed by atoms with E-state index >= 15 is 0 Å². The molecule has 5 rings (SSSR count). The van der Waals surface area contributed by atoms with Crippen molar-refractivity contribution in [2.75, 3.05) is 12.1 Å². The highest BCUT2D eigenvalue weighted by atomic mass is 16.7. The van der Waals surface area contributed by atoms with Gasteiger partial charge < -0.3 is 19.4 Å². The Bertz CT molecular complexity index is 1170. The molecule has 1 amide bonds. The summed E-state index contributed by atoms with van der Waals surface area (Å²) in [6.07, 6.45) is 3.45.